The van der Waals surface area contributed by atoms with Crippen LogP contribution >= 0.6 is 0 Å². The number of carbonyl (C=O) groups is 2. The number of nitrogens with zero attached hydrogens (tertiary/aromatic N) is 3. The minimum atomic E-state index is -0.0942. The standard InChI is InChI=1S/C10H13N3O2/c1-7-3-8(11-12(7)2)5-13-6-9(14)4-10(13)15/h3H,4-6H2,1-2H3. The summed E-state index contributed by atoms with van der Waals surface area (Å²) in [5, 5.41) is 4.24. The van der Waals surface area contributed by atoms with Crippen LogP contribution in [0.15, 0.2) is 6.07 Å². The van der Waals surface area contributed by atoms with Crippen LogP contribution in [0.5, 0.6) is 0 Å². The molecule has 0 aromatic carbocycles. The first-order chi connectivity index (χ1) is 7.06. The summed E-state index contributed by atoms with van der Waals surface area (Å²) < 4.78 is 1.76. The van der Waals surface area contributed by atoms with Gasteiger partial charge in [0.1, 0.15) is 0 Å². The first-order valence-electron chi connectivity index (χ1n) is 4.85. The van der Waals surface area contributed by atoms with E-state index in [-0.39, 0.29) is 24.7 Å². The minimum Gasteiger partial charge on any atom is -0.329 e. The van der Waals surface area contributed by atoms with Crippen LogP contribution in [0.1, 0.15) is 17.8 Å². The molecule has 1 aromatic rings. The molecular formula is C10H13N3O2. The van der Waals surface area contributed by atoms with Gasteiger partial charge in [-0.1, -0.05) is 0 Å². The lowest BCUT2D eigenvalue weighted by Gasteiger charge is -2.11. The molecule has 0 radical (unpaired) electrons. The van der Waals surface area contributed by atoms with Gasteiger partial charge in [0, 0.05) is 12.7 Å². The average Bonchev–Trinajstić information content (AvgIpc) is 2.59. The normalized spacial score (nSPS) is 16.5. The Labute approximate surface area is 87.7 Å². The van der Waals surface area contributed by atoms with Crippen LogP contribution in [0.3, 0.4) is 0 Å². The van der Waals surface area contributed by atoms with Gasteiger partial charge in [-0.15, -0.1) is 0 Å². The van der Waals surface area contributed by atoms with Gasteiger partial charge in [0.05, 0.1) is 25.2 Å². The van der Waals surface area contributed by atoms with E-state index >= 15 is 0 Å². The van der Waals surface area contributed by atoms with Gasteiger partial charge in [-0.3, -0.25) is 14.3 Å². The SMILES string of the molecule is Cc1cc(CN2CC(=O)CC2=O)nn1C. The van der Waals surface area contributed by atoms with E-state index in [0.29, 0.717) is 6.54 Å². The highest BCUT2D eigenvalue weighted by Crippen LogP contribution is 2.11. The van der Waals surface area contributed by atoms with Gasteiger partial charge in [0.15, 0.2) is 5.78 Å². The van der Waals surface area contributed by atoms with Crippen molar-refractivity contribution in [2.45, 2.75) is 19.9 Å². The van der Waals surface area contributed by atoms with Crippen molar-refractivity contribution in [1.82, 2.24) is 14.7 Å². The fourth-order valence-corrected chi connectivity index (χ4v) is 1.69. The van der Waals surface area contributed by atoms with E-state index in [1.807, 2.05) is 20.0 Å². The Morgan fingerprint density at radius 1 is 1.47 bits per heavy atom. The molecule has 0 atom stereocenters. The predicted octanol–water partition coefficient (Wildman–Crippen LogP) is 0.0299. The van der Waals surface area contributed by atoms with Crippen LogP contribution in [-0.4, -0.2) is 32.9 Å². The largest absolute Gasteiger partial charge is 0.329 e. The second-order valence-electron chi connectivity index (χ2n) is 3.87. The molecule has 1 saturated heterocycles. The molecule has 0 saturated carbocycles. The number of rotatable bonds is 2. The number of aromatic nitrogens is 2. The van der Waals surface area contributed by atoms with Gasteiger partial charge in [0.2, 0.25) is 5.91 Å². The van der Waals surface area contributed by atoms with Gasteiger partial charge in [-0.2, -0.15) is 5.10 Å². The number of likely N-dealkylation sites (tertiary alicyclic amines) is 1. The zero-order valence-corrected chi connectivity index (χ0v) is 8.86. The lowest BCUT2D eigenvalue weighted by Crippen LogP contribution is -2.24. The third-order valence-corrected chi connectivity index (χ3v) is 2.59. The third-order valence-electron chi connectivity index (χ3n) is 2.59. The molecule has 5 heteroatoms. The van der Waals surface area contributed by atoms with Crippen LogP contribution in [0.4, 0.5) is 0 Å². The van der Waals surface area contributed by atoms with Gasteiger partial charge in [-0.25, -0.2) is 0 Å². The number of aryl methyl sites for hydroxylation is 2. The molecule has 0 bridgehead atoms. The van der Waals surface area contributed by atoms with Crippen molar-refractivity contribution < 1.29 is 9.59 Å². The monoisotopic (exact) mass is 207 g/mol. The molecule has 80 valence electrons. The fourth-order valence-electron chi connectivity index (χ4n) is 1.69. The predicted molar refractivity (Wildman–Crippen MR) is 53.0 cm³/mol. The maximum Gasteiger partial charge on any atom is 0.230 e. The molecule has 1 aliphatic heterocycles. The van der Waals surface area contributed by atoms with E-state index in [4.69, 9.17) is 0 Å². The average molecular weight is 207 g/mol. The molecule has 0 aliphatic carbocycles. The number of hydrogen-bond acceptors (Lipinski definition) is 3. The number of hydrogen-bond donors (Lipinski definition) is 0. The Balaban J connectivity index is 2.09. The lowest BCUT2D eigenvalue weighted by atomic mass is 10.3. The maximum absolute atomic E-state index is 11.4. The van der Waals surface area contributed by atoms with E-state index in [2.05, 4.69) is 5.10 Å². The summed E-state index contributed by atoms with van der Waals surface area (Å²) in [6.07, 6.45) is 0.0474. The Morgan fingerprint density at radius 2 is 2.20 bits per heavy atom. The van der Waals surface area contributed by atoms with Crippen molar-refractivity contribution in [3.05, 3.63) is 17.5 Å². The lowest BCUT2D eigenvalue weighted by molar-refractivity contribution is -0.128. The molecule has 0 spiro atoms. The zero-order valence-electron chi connectivity index (χ0n) is 8.86. The number of amides is 1. The second-order valence-corrected chi connectivity index (χ2v) is 3.87. The summed E-state index contributed by atoms with van der Waals surface area (Å²) in [5.41, 5.74) is 1.88. The Kier molecular flexibility index (Phi) is 2.30. The quantitative estimate of drug-likeness (QED) is 0.643. The molecule has 0 N–H and O–H groups in total. The molecule has 1 aromatic heterocycles. The summed E-state index contributed by atoms with van der Waals surface area (Å²) in [6.45, 7) is 2.62. The highest BCUT2D eigenvalue weighted by Gasteiger charge is 2.27. The zero-order chi connectivity index (χ0) is 11.0. The molecule has 0 unspecified atom stereocenters. The molecule has 1 fully saturated rings. The van der Waals surface area contributed by atoms with E-state index in [9.17, 15) is 9.59 Å². The van der Waals surface area contributed by atoms with Crippen LogP contribution in [0.25, 0.3) is 0 Å². The van der Waals surface area contributed by atoms with Crippen LogP contribution < -0.4 is 0 Å². The van der Waals surface area contributed by atoms with Crippen molar-refractivity contribution >= 4 is 11.7 Å². The topological polar surface area (TPSA) is 55.2 Å². The molecule has 5 nitrogen and oxygen atoms in total. The van der Waals surface area contributed by atoms with Crippen LogP contribution in [-0.2, 0) is 23.2 Å². The number of carbonyl (C=O) groups excluding carboxylic acids is 2. The van der Waals surface area contributed by atoms with Gasteiger partial charge >= 0.3 is 0 Å². The van der Waals surface area contributed by atoms with Gasteiger partial charge in [0.25, 0.3) is 0 Å². The van der Waals surface area contributed by atoms with E-state index in [1.54, 1.807) is 9.58 Å². The minimum absolute atomic E-state index is 0.00680. The van der Waals surface area contributed by atoms with Gasteiger partial charge < -0.3 is 4.90 Å². The summed E-state index contributed by atoms with van der Waals surface area (Å²) in [6, 6.07) is 1.93. The van der Waals surface area contributed by atoms with E-state index in [1.165, 1.54) is 0 Å². The Bertz CT molecular complexity index is 403. The molecule has 1 aliphatic rings. The maximum atomic E-state index is 11.4. The van der Waals surface area contributed by atoms with Crippen molar-refractivity contribution in [3.8, 4) is 0 Å². The third kappa shape index (κ3) is 1.91. The first-order valence-corrected chi connectivity index (χ1v) is 4.85. The highest BCUT2D eigenvalue weighted by atomic mass is 16.2. The molecule has 2 heterocycles. The number of ketones is 1. The Hall–Kier alpha value is -1.65. The van der Waals surface area contributed by atoms with Crippen molar-refractivity contribution in [3.63, 3.8) is 0 Å². The van der Waals surface area contributed by atoms with Crippen molar-refractivity contribution in [2.24, 2.45) is 7.05 Å². The van der Waals surface area contributed by atoms with Crippen LogP contribution in [0, 0.1) is 6.92 Å². The fraction of sp³-hybridized carbons (Fsp3) is 0.500. The molecular weight excluding hydrogens is 194 g/mol. The summed E-state index contributed by atoms with van der Waals surface area (Å²) >= 11 is 0. The van der Waals surface area contributed by atoms with E-state index in [0.717, 1.165) is 11.4 Å². The van der Waals surface area contributed by atoms with E-state index < -0.39 is 0 Å². The van der Waals surface area contributed by atoms with Crippen molar-refractivity contribution in [1.29, 1.82) is 0 Å². The van der Waals surface area contributed by atoms with Gasteiger partial charge in [-0.05, 0) is 13.0 Å². The molecule has 2 rings (SSSR count). The second kappa shape index (κ2) is 3.49. The number of Topliss-reactive ketones (excluding diaryl/α,β-unsaturated/α-hetero) is 1. The van der Waals surface area contributed by atoms with Crippen LogP contribution in [0.2, 0.25) is 0 Å². The highest BCUT2D eigenvalue weighted by molar-refractivity contribution is 6.05. The van der Waals surface area contributed by atoms with Crippen molar-refractivity contribution in [2.75, 3.05) is 6.54 Å². The first kappa shape index (κ1) is 9.89. The molecule has 15 heavy (non-hydrogen) atoms. The summed E-state index contributed by atoms with van der Waals surface area (Å²) in [7, 11) is 1.86. The smallest absolute Gasteiger partial charge is 0.230 e. The summed E-state index contributed by atoms with van der Waals surface area (Å²) in [5.74, 6) is -0.101. The Morgan fingerprint density at radius 3 is 2.67 bits per heavy atom. The summed E-state index contributed by atoms with van der Waals surface area (Å²) in [4.78, 5) is 23.9. The molecule has 1 amide bonds.